The maximum absolute atomic E-state index is 12.8. The van der Waals surface area contributed by atoms with Gasteiger partial charge in [-0.15, -0.1) is 15.9 Å². The molecule has 2 N–H and O–H groups in total. The highest BCUT2D eigenvalue weighted by atomic mass is 32.3. The van der Waals surface area contributed by atoms with Gasteiger partial charge in [0, 0.05) is 39.1 Å². The Balaban J connectivity index is 1.55. The molecule has 4 aromatic rings. The minimum atomic E-state index is -3.24. The third-order valence-corrected chi connectivity index (χ3v) is 9.94. The SMILES string of the molecule is CCOC(=O)CC(c1ccc(C)c(CN2CCN(CC)c3ccccc3S2(O)O)c1)c1cc(OC)c2c(c1)nnn2C. The van der Waals surface area contributed by atoms with Crippen molar-refractivity contribution in [1.29, 1.82) is 0 Å². The lowest BCUT2D eigenvalue weighted by atomic mass is 9.86. The number of hydrogen-bond acceptors (Lipinski definition) is 9. The molecule has 0 fully saturated rings. The fourth-order valence-corrected chi connectivity index (χ4v) is 7.35. The number of carbonyl (C=O) groups excluding carboxylic acids is 1. The van der Waals surface area contributed by atoms with Crippen LogP contribution in [0.5, 0.6) is 5.75 Å². The normalized spacial score (nSPS) is 16.5. The molecule has 224 valence electrons. The Morgan fingerprint density at radius 2 is 1.86 bits per heavy atom. The van der Waals surface area contributed by atoms with Crippen molar-refractivity contribution in [3.63, 3.8) is 0 Å². The van der Waals surface area contributed by atoms with Crippen molar-refractivity contribution in [2.45, 2.75) is 44.6 Å². The van der Waals surface area contributed by atoms with Crippen LogP contribution in [0.4, 0.5) is 5.69 Å². The third kappa shape index (κ3) is 5.69. The standard InChI is InChI=1S/C31H39N5O5S/c1-6-35-14-15-36(42(38,39)29-11-9-8-10-27(29)35)20-24-16-22(13-12-21(24)3)25(19-30(37)41-7-2)23-17-26-31(28(18-23)40-5)34(4)33-32-26/h8-13,16-18,25,38-39H,6-7,14-15,19-20H2,1-5H3. The third-order valence-electron chi connectivity index (χ3n) is 7.97. The number of fused-ring (bicyclic) bond motifs is 2. The number of carbonyl (C=O) groups is 1. The molecule has 1 unspecified atom stereocenters. The van der Waals surface area contributed by atoms with Gasteiger partial charge < -0.3 is 14.4 Å². The van der Waals surface area contributed by atoms with Gasteiger partial charge in [-0.05, 0) is 67.3 Å². The zero-order chi connectivity index (χ0) is 30.0. The molecule has 1 aliphatic rings. The molecule has 1 atom stereocenters. The molecule has 0 radical (unpaired) electrons. The first kappa shape index (κ1) is 29.8. The molecule has 5 rings (SSSR count). The predicted molar refractivity (Wildman–Crippen MR) is 165 cm³/mol. The molecule has 0 spiro atoms. The van der Waals surface area contributed by atoms with Crippen molar-refractivity contribution >= 4 is 33.5 Å². The van der Waals surface area contributed by atoms with Crippen LogP contribution in [0.2, 0.25) is 0 Å². The Hall–Kier alpha value is -3.64. The number of hydrogen-bond donors (Lipinski definition) is 2. The Kier molecular flexibility index (Phi) is 8.74. The molecule has 0 amide bonds. The van der Waals surface area contributed by atoms with Crippen LogP contribution in [0.25, 0.3) is 11.0 Å². The van der Waals surface area contributed by atoms with E-state index in [2.05, 4.69) is 28.2 Å². The molecule has 0 saturated carbocycles. The van der Waals surface area contributed by atoms with E-state index in [1.54, 1.807) is 29.1 Å². The Morgan fingerprint density at radius 3 is 2.60 bits per heavy atom. The highest BCUT2D eigenvalue weighted by Gasteiger charge is 2.33. The van der Waals surface area contributed by atoms with Gasteiger partial charge in [0.05, 0.1) is 30.7 Å². The largest absolute Gasteiger partial charge is 0.494 e. The molecule has 11 heteroatoms. The number of nitrogens with zero attached hydrogens (tertiary/aromatic N) is 5. The lowest BCUT2D eigenvalue weighted by Crippen LogP contribution is -2.32. The van der Waals surface area contributed by atoms with E-state index in [-0.39, 0.29) is 18.3 Å². The van der Waals surface area contributed by atoms with Crippen LogP contribution >= 0.6 is 10.8 Å². The molecule has 2 heterocycles. The van der Waals surface area contributed by atoms with Crippen LogP contribution in [0.1, 0.15) is 48.4 Å². The predicted octanol–water partition coefficient (Wildman–Crippen LogP) is 5.74. The number of rotatable bonds is 9. The number of ether oxygens (including phenoxy) is 2. The molecular formula is C31H39N5O5S. The number of benzene rings is 3. The lowest BCUT2D eigenvalue weighted by molar-refractivity contribution is -0.143. The quantitative estimate of drug-likeness (QED) is 0.235. The van der Waals surface area contributed by atoms with Gasteiger partial charge in [-0.1, -0.05) is 35.5 Å². The average molecular weight is 594 g/mol. The van der Waals surface area contributed by atoms with Gasteiger partial charge >= 0.3 is 5.97 Å². The fraction of sp³-hybridized carbons (Fsp3) is 0.387. The zero-order valence-corrected chi connectivity index (χ0v) is 25.6. The molecule has 0 saturated heterocycles. The van der Waals surface area contributed by atoms with Crippen LogP contribution < -0.4 is 9.64 Å². The summed E-state index contributed by atoms with van der Waals surface area (Å²) in [6.07, 6.45) is 0.128. The molecule has 1 aliphatic heterocycles. The molecule has 10 nitrogen and oxygen atoms in total. The highest BCUT2D eigenvalue weighted by molar-refractivity contribution is 8.22. The number of para-hydroxylation sites is 1. The highest BCUT2D eigenvalue weighted by Crippen LogP contribution is 2.57. The Morgan fingerprint density at radius 1 is 1.07 bits per heavy atom. The molecule has 0 bridgehead atoms. The summed E-state index contributed by atoms with van der Waals surface area (Å²) in [6.45, 7) is 8.44. The summed E-state index contributed by atoms with van der Waals surface area (Å²) in [7, 11) is 0.179. The molecule has 42 heavy (non-hydrogen) atoms. The van der Waals surface area contributed by atoms with E-state index in [1.165, 1.54) is 0 Å². The average Bonchev–Trinajstić information content (AvgIpc) is 3.32. The minimum Gasteiger partial charge on any atom is -0.494 e. The number of methoxy groups -OCH3 is 1. The van der Waals surface area contributed by atoms with Crippen LogP contribution in [0, 0.1) is 6.92 Å². The van der Waals surface area contributed by atoms with Gasteiger partial charge in [0.25, 0.3) is 0 Å². The van der Waals surface area contributed by atoms with E-state index in [0.29, 0.717) is 42.4 Å². The summed E-state index contributed by atoms with van der Waals surface area (Å²) in [5, 5.41) is 8.45. The topological polar surface area (TPSA) is 113 Å². The summed E-state index contributed by atoms with van der Waals surface area (Å²) in [6, 6.07) is 17.5. The van der Waals surface area contributed by atoms with E-state index < -0.39 is 10.8 Å². The van der Waals surface area contributed by atoms with Gasteiger partial charge in [0.15, 0.2) is 0 Å². The van der Waals surface area contributed by atoms with Crippen molar-refractivity contribution in [2.24, 2.45) is 7.05 Å². The second-order valence-electron chi connectivity index (χ2n) is 10.5. The summed E-state index contributed by atoms with van der Waals surface area (Å²) in [4.78, 5) is 15.6. The van der Waals surface area contributed by atoms with Crippen molar-refractivity contribution < 1.29 is 23.4 Å². The van der Waals surface area contributed by atoms with E-state index in [0.717, 1.165) is 40.0 Å². The summed E-state index contributed by atoms with van der Waals surface area (Å²) < 4.78 is 37.6. The molecule has 0 aliphatic carbocycles. The van der Waals surface area contributed by atoms with Crippen molar-refractivity contribution in [2.75, 3.05) is 38.3 Å². The van der Waals surface area contributed by atoms with Crippen molar-refractivity contribution in [3.05, 3.63) is 76.9 Å². The Labute approximate surface area is 248 Å². The number of esters is 1. The van der Waals surface area contributed by atoms with Gasteiger partial charge in [0.2, 0.25) is 0 Å². The first-order valence-electron chi connectivity index (χ1n) is 14.2. The maximum atomic E-state index is 12.8. The minimum absolute atomic E-state index is 0.128. The molecule has 3 aromatic carbocycles. The van der Waals surface area contributed by atoms with Crippen molar-refractivity contribution in [1.82, 2.24) is 19.3 Å². The van der Waals surface area contributed by atoms with E-state index in [1.807, 2.05) is 56.4 Å². The summed E-state index contributed by atoms with van der Waals surface area (Å²) in [5.74, 6) is -0.0286. The van der Waals surface area contributed by atoms with Gasteiger partial charge in [0.1, 0.15) is 16.8 Å². The van der Waals surface area contributed by atoms with Crippen molar-refractivity contribution in [3.8, 4) is 5.75 Å². The smallest absolute Gasteiger partial charge is 0.306 e. The summed E-state index contributed by atoms with van der Waals surface area (Å²) >= 11 is 0. The second kappa shape index (κ2) is 12.3. The number of aryl methyl sites for hydroxylation is 2. The van der Waals surface area contributed by atoms with Crippen LogP contribution in [-0.2, 0) is 23.1 Å². The number of aromatic nitrogens is 3. The van der Waals surface area contributed by atoms with Crippen LogP contribution in [0.15, 0.2) is 59.5 Å². The molecular weight excluding hydrogens is 554 g/mol. The Bertz CT molecular complexity index is 1590. The van der Waals surface area contributed by atoms with E-state index in [4.69, 9.17) is 9.47 Å². The number of likely N-dealkylation sites (N-methyl/N-ethyl adjacent to an activating group) is 1. The first-order valence-corrected chi connectivity index (χ1v) is 15.7. The fourth-order valence-electron chi connectivity index (χ4n) is 5.68. The molecule has 1 aromatic heterocycles. The second-order valence-corrected chi connectivity index (χ2v) is 12.5. The monoisotopic (exact) mass is 593 g/mol. The number of anilines is 1. The summed E-state index contributed by atoms with van der Waals surface area (Å²) in [5.41, 5.74) is 6.05. The van der Waals surface area contributed by atoms with Gasteiger partial charge in [-0.2, -0.15) is 4.31 Å². The van der Waals surface area contributed by atoms with E-state index >= 15 is 0 Å². The lowest BCUT2D eigenvalue weighted by Gasteiger charge is -2.42. The maximum Gasteiger partial charge on any atom is 0.306 e. The zero-order valence-electron chi connectivity index (χ0n) is 24.8. The first-order chi connectivity index (χ1) is 20.2. The van der Waals surface area contributed by atoms with Gasteiger partial charge in [-0.25, -0.2) is 4.68 Å². The van der Waals surface area contributed by atoms with Gasteiger partial charge in [-0.3, -0.25) is 13.9 Å². The van der Waals surface area contributed by atoms with E-state index in [9.17, 15) is 13.9 Å². The van der Waals surface area contributed by atoms with Crippen LogP contribution in [0.3, 0.4) is 0 Å². The van der Waals surface area contributed by atoms with Crippen LogP contribution in [-0.4, -0.2) is 67.7 Å².